The van der Waals surface area contributed by atoms with Gasteiger partial charge in [0, 0.05) is 29.9 Å². The van der Waals surface area contributed by atoms with Crippen LogP contribution in [0.25, 0.3) is 6.08 Å². The van der Waals surface area contributed by atoms with E-state index in [0.717, 1.165) is 24.9 Å². The molecular formula is C23H26N2O3. The lowest BCUT2D eigenvalue weighted by Crippen LogP contribution is -2.59. The summed E-state index contributed by atoms with van der Waals surface area (Å²) in [7, 11) is 0. The minimum absolute atomic E-state index is 0.0803. The summed E-state index contributed by atoms with van der Waals surface area (Å²) < 4.78 is 6.67. The maximum Gasteiger partial charge on any atom is 0.270 e. The van der Waals surface area contributed by atoms with Gasteiger partial charge in [-0.15, -0.1) is 0 Å². The number of benzene rings is 2. The van der Waals surface area contributed by atoms with Crippen LogP contribution in [-0.4, -0.2) is 17.2 Å². The van der Waals surface area contributed by atoms with Crippen molar-refractivity contribution in [3.05, 3.63) is 69.8 Å². The standard InChI is InChI=1S/C23H26N2O3/c1-4-5-8-15-24-20-10-7-6-9-19(20)22(2,3)23(24)14-13-17-16-18(25(26)27)11-12-21(17)28-23/h6-7,9-14,16H,4-5,8,15H2,1-3H3. The minimum Gasteiger partial charge on any atom is -0.463 e. The van der Waals surface area contributed by atoms with Crippen molar-refractivity contribution in [1.29, 1.82) is 0 Å². The van der Waals surface area contributed by atoms with Crippen molar-refractivity contribution in [2.75, 3.05) is 11.4 Å². The molecule has 5 heteroatoms. The van der Waals surface area contributed by atoms with E-state index in [-0.39, 0.29) is 16.0 Å². The first kappa shape index (κ1) is 18.5. The van der Waals surface area contributed by atoms with Crippen LogP contribution in [0.5, 0.6) is 5.75 Å². The second-order valence-electron chi connectivity index (χ2n) is 8.11. The van der Waals surface area contributed by atoms with Crippen molar-refractivity contribution in [2.45, 2.75) is 51.2 Å². The molecule has 2 heterocycles. The first-order valence-electron chi connectivity index (χ1n) is 9.94. The molecular weight excluding hydrogens is 352 g/mol. The second-order valence-corrected chi connectivity index (χ2v) is 8.11. The van der Waals surface area contributed by atoms with E-state index in [1.54, 1.807) is 12.1 Å². The van der Waals surface area contributed by atoms with Crippen LogP contribution in [0.15, 0.2) is 48.5 Å². The molecule has 1 atom stereocenters. The van der Waals surface area contributed by atoms with Gasteiger partial charge in [0.05, 0.1) is 10.3 Å². The largest absolute Gasteiger partial charge is 0.463 e. The number of fused-ring (bicyclic) bond motifs is 2. The summed E-state index contributed by atoms with van der Waals surface area (Å²) in [5.41, 5.74) is 2.39. The Morgan fingerprint density at radius 2 is 1.93 bits per heavy atom. The monoisotopic (exact) mass is 378 g/mol. The summed E-state index contributed by atoms with van der Waals surface area (Å²) in [5, 5.41) is 11.1. The molecule has 2 aliphatic heterocycles. The van der Waals surface area contributed by atoms with Gasteiger partial charge in [0.15, 0.2) is 0 Å². The third-order valence-electron chi connectivity index (χ3n) is 6.11. The van der Waals surface area contributed by atoms with E-state index >= 15 is 0 Å². The van der Waals surface area contributed by atoms with E-state index in [0.29, 0.717) is 5.75 Å². The Morgan fingerprint density at radius 3 is 2.68 bits per heavy atom. The molecule has 1 spiro atoms. The van der Waals surface area contributed by atoms with E-state index in [9.17, 15) is 10.1 Å². The van der Waals surface area contributed by atoms with Crippen molar-refractivity contribution in [3.63, 3.8) is 0 Å². The maximum atomic E-state index is 11.1. The molecule has 2 aromatic carbocycles. The molecule has 0 fully saturated rings. The Balaban J connectivity index is 1.80. The summed E-state index contributed by atoms with van der Waals surface area (Å²) in [6.45, 7) is 7.54. The minimum atomic E-state index is -0.645. The molecule has 0 aromatic heterocycles. The van der Waals surface area contributed by atoms with Crippen LogP contribution in [0.3, 0.4) is 0 Å². The molecule has 0 bridgehead atoms. The SMILES string of the molecule is CCCCCN1c2ccccc2C(C)(C)C12C=Cc1cc([N+](=O)[O-])ccc1O2. The molecule has 1 unspecified atom stereocenters. The molecule has 0 amide bonds. The van der Waals surface area contributed by atoms with E-state index in [2.05, 4.69) is 56.0 Å². The van der Waals surface area contributed by atoms with Crippen LogP contribution in [-0.2, 0) is 5.41 Å². The molecule has 0 saturated heterocycles. The summed E-state index contributed by atoms with van der Waals surface area (Å²) >= 11 is 0. The predicted molar refractivity (Wildman–Crippen MR) is 112 cm³/mol. The van der Waals surface area contributed by atoms with Crippen molar-refractivity contribution >= 4 is 17.5 Å². The maximum absolute atomic E-state index is 11.1. The number of ether oxygens (including phenoxy) is 1. The summed E-state index contributed by atoms with van der Waals surface area (Å²) in [6.07, 6.45) is 7.49. The Kier molecular flexibility index (Phi) is 4.41. The lowest BCUT2D eigenvalue weighted by Gasteiger charge is -2.47. The van der Waals surface area contributed by atoms with Crippen LogP contribution < -0.4 is 9.64 Å². The molecule has 146 valence electrons. The molecule has 0 aliphatic carbocycles. The topological polar surface area (TPSA) is 55.6 Å². The highest BCUT2D eigenvalue weighted by Crippen LogP contribution is 2.55. The van der Waals surface area contributed by atoms with Gasteiger partial charge in [-0.1, -0.05) is 38.0 Å². The van der Waals surface area contributed by atoms with Gasteiger partial charge in [-0.05, 0) is 50.1 Å². The van der Waals surface area contributed by atoms with Crippen LogP contribution in [0, 0.1) is 10.1 Å². The average Bonchev–Trinajstić information content (AvgIpc) is 2.86. The predicted octanol–water partition coefficient (Wildman–Crippen LogP) is 5.68. The van der Waals surface area contributed by atoms with Gasteiger partial charge in [-0.3, -0.25) is 10.1 Å². The summed E-state index contributed by atoms with van der Waals surface area (Å²) in [5.74, 6) is 0.689. The molecule has 28 heavy (non-hydrogen) atoms. The number of non-ortho nitro benzene ring substituents is 1. The fourth-order valence-corrected chi connectivity index (χ4v) is 4.51. The van der Waals surface area contributed by atoms with Crippen molar-refractivity contribution in [1.82, 2.24) is 0 Å². The molecule has 0 radical (unpaired) electrons. The summed E-state index contributed by atoms with van der Waals surface area (Å²) in [4.78, 5) is 13.1. The number of nitrogens with zero attached hydrogens (tertiary/aromatic N) is 2. The van der Waals surface area contributed by atoms with Gasteiger partial charge < -0.3 is 9.64 Å². The van der Waals surface area contributed by atoms with Gasteiger partial charge in [0.2, 0.25) is 5.72 Å². The molecule has 2 aromatic rings. The number of para-hydroxylation sites is 1. The highest BCUT2D eigenvalue weighted by atomic mass is 16.6. The zero-order valence-corrected chi connectivity index (χ0v) is 16.6. The van der Waals surface area contributed by atoms with Crippen LogP contribution >= 0.6 is 0 Å². The van der Waals surface area contributed by atoms with E-state index in [4.69, 9.17) is 4.74 Å². The Bertz CT molecular complexity index is 951. The number of unbranched alkanes of at least 4 members (excludes halogenated alkanes) is 2. The van der Waals surface area contributed by atoms with E-state index in [1.807, 2.05) is 6.08 Å². The van der Waals surface area contributed by atoms with Gasteiger partial charge in [-0.25, -0.2) is 0 Å². The molecule has 2 aliphatic rings. The zero-order valence-electron chi connectivity index (χ0n) is 16.6. The number of rotatable bonds is 5. The zero-order chi connectivity index (χ0) is 19.9. The summed E-state index contributed by atoms with van der Waals surface area (Å²) in [6, 6.07) is 13.3. The van der Waals surface area contributed by atoms with Crippen molar-refractivity contribution in [2.24, 2.45) is 0 Å². The Morgan fingerprint density at radius 1 is 1.14 bits per heavy atom. The van der Waals surface area contributed by atoms with Crippen molar-refractivity contribution in [3.8, 4) is 5.75 Å². The van der Waals surface area contributed by atoms with Crippen LogP contribution in [0.2, 0.25) is 0 Å². The average molecular weight is 378 g/mol. The fourth-order valence-electron chi connectivity index (χ4n) is 4.51. The second kappa shape index (κ2) is 6.66. The number of hydrogen-bond donors (Lipinski definition) is 0. The van der Waals surface area contributed by atoms with Crippen molar-refractivity contribution < 1.29 is 9.66 Å². The lowest BCUT2D eigenvalue weighted by atomic mass is 9.76. The van der Waals surface area contributed by atoms with Gasteiger partial charge in [-0.2, -0.15) is 0 Å². The fraction of sp³-hybridized carbons (Fsp3) is 0.391. The molecule has 4 rings (SSSR count). The Labute approximate surface area is 165 Å². The quantitative estimate of drug-likeness (QED) is 0.381. The van der Waals surface area contributed by atoms with E-state index in [1.165, 1.54) is 23.7 Å². The van der Waals surface area contributed by atoms with E-state index < -0.39 is 5.72 Å². The molecule has 5 nitrogen and oxygen atoms in total. The van der Waals surface area contributed by atoms with Crippen LogP contribution in [0.1, 0.15) is 51.2 Å². The van der Waals surface area contributed by atoms with Crippen LogP contribution in [0.4, 0.5) is 11.4 Å². The molecule has 0 N–H and O–H groups in total. The Hall–Kier alpha value is -2.82. The number of anilines is 1. The third-order valence-corrected chi connectivity index (χ3v) is 6.11. The van der Waals surface area contributed by atoms with Gasteiger partial charge >= 0.3 is 0 Å². The first-order valence-corrected chi connectivity index (χ1v) is 9.94. The first-order chi connectivity index (χ1) is 13.4. The molecule has 0 saturated carbocycles. The number of nitro groups is 1. The highest BCUT2D eigenvalue weighted by Gasteiger charge is 2.58. The highest BCUT2D eigenvalue weighted by molar-refractivity contribution is 5.73. The van der Waals surface area contributed by atoms with Gasteiger partial charge in [0.25, 0.3) is 5.69 Å². The number of nitro benzene ring substituents is 1. The third kappa shape index (κ3) is 2.60. The smallest absolute Gasteiger partial charge is 0.270 e. The number of hydrogen-bond acceptors (Lipinski definition) is 4. The normalized spacial score (nSPS) is 21.3. The lowest BCUT2D eigenvalue weighted by molar-refractivity contribution is -0.384. The van der Waals surface area contributed by atoms with Gasteiger partial charge in [0.1, 0.15) is 5.75 Å².